The van der Waals surface area contributed by atoms with E-state index in [1.54, 1.807) is 6.92 Å². The highest BCUT2D eigenvalue weighted by Crippen LogP contribution is 2.11. The number of carbonyl (C=O) groups excluding carboxylic acids is 1. The fourth-order valence-corrected chi connectivity index (χ4v) is 2.42. The highest BCUT2D eigenvalue weighted by Gasteiger charge is 2.19. The summed E-state index contributed by atoms with van der Waals surface area (Å²) in [4.78, 5) is 13.1. The van der Waals surface area contributed by atoms with Crippen molar-refractivity contribution in [1.82, 2.24) is 10.2 Å². The molecule has 1 fully saturated rings. The highest BCUT2D eigenvalue weighted by molar-refractivity contribution is 5.73. The summed E-state index contributed by atoms with van der Waals surface area (Å²) < 4.78 is 0. The lowest BCUT2D eigenvalue weighted by atomic mass is 10.0. The number of nitrogens with one attached hydrogen (secondary N) is 1. The third-order valence-corrected chi connectivity index (χ3v) is 3.74. The SMILES string of the molecule is CC(=O)N1CCC(NCc2ccc(CO)cc2)CC1. The van der Waals surface area contributed by atoms with Gasteiger partial charge in [-0.25, -0.2) is 0 Å². The van der Waals surface area contributed by atoms with E-state index in [4.69, 9.17) is 5.11 Å². The van der Waals surface area contributed by atoms with Gasteiger partial charge < -0.3 is 15.3 Å². The van der Waals surface area contributed by atoms with Crippen LogP contribution in [0, 0.1) is 0 Å². The van der Waals surface area contributed by atoms with E-state index in [-0.39, 0.29) is 12.5 Å². The molecular formula is C15H22N2O2. The molecule has 0 aromatic heterocycles. The van der Waals surface area contributed by atoms with E-state index in [1.807, 2.05) is 29.2 Å². The number of piperidine rings is 1. The van der Waals surface area contributed by atoms with Crippen LogP contribution in [0.25, 0.3) is 0 Å². The summed E-state index contributed by atoms with van der Waals surface area (Å²) in [6.07, 6.45) is 2.04. The van der Waals surface area contributed by atoms with Gasteiger partial charge in [-0.1, -0.05) is 24.3 Å². The number of hydrogen-bond donors (Lipinski definition) is 2. The zero-order valence-electron chi connectivity index (χ0n) is 11.4. The van der Waals surface area contributed by atoms with Gasteiger partial charge in [0.15, 0.2) is 0 Å². The Bertz CT molecular complexity index is 409. The van der Waals surface area contributed by atoms with Crippen LogP contribution in [0.3, 0.4) is 0 Å². The van der Waals surface area contributed by atoms with Gasteiger partial charge in [-0.2, -0.15) is 0 Å². The van der Waals surface area contributed by atoms with Crippen molar-refractivity contribution in [2.24, 2.45) is 0 Å². The van der Waals surface area contributed by atoms with E-state index in [1.165, 1.54) is 5.56 Å². The predicted octanol–water partition coefficient (Wildman–Crippen LogP) is 1.28. The Kier molecular flexibility index (Phi) is 4.93. The monoisotopic (exact) mass is 262 g/mol. The number of hydrogen-bond acceptors (Lipinski definition) is 3. The van der Waals surface area contributed by atoms with E-state index >= 15 is 0 Å². The van der Waals surface area contributed by atoms with Gasteiger partial charge in [0.1, 0.15) is 0 Å². The van der Waals surface area contributed by atoms with Crippen LogP contribution in [0.4, 0.5) is 0 Å². The van der Waals surface area contributed by atoms with Crippen molar-refractivity contribution >= 4 is 5.91 Å². The molecule has 1 aliphatic heterocycles. The minimum Gasteiger partial charge on any atom is -0.392 e. The lowest BCUT2D eigenvalue weighted by Gasteiger charge is -2.31. The Morgan fingerprint density at radius 3 is 2.37 bits per heavy atom. The average Bonchev–Trinajstić information content (AvgIpc) is 2.46. The van der Waals surface area contributed by atoms with Gasteiger partial charge in [-0.15, -0.1) is 0 Å². The van der Waals surface area contributed by atoms with Gasteiger partial charge >= 0.3 is 0 Å². The van der Waals surface area contributed by atoms with E-state index in [9.17, 15) is 4.79 Å². The average molecular weight is 262 g/mol. The van der Waals surface area contributed by atoms with Crippen molar-refractivity contribution < 1.29 is 9.90 Å². The first-order valence-electron chi connectivity index (χ1n) is 6.86. The van der Waals surface area contributed by atoms with Gasteiger partial charge in [-0.05, 0) is 24.0 Å². The maximum Gasteiger partial charge on any atom is 0.219 e. The molecule has 0 aliphatic carbocycles. The fourth-order valence-electron chi connectivity index (χ4n) is 2.42. The van der Waals surface area contributed by atoms with E-state index in [0.29, 0.717) is 6.04 Å². The van der Waals surface area contributed by atoms with Crippen molar-refractivity contribution in [2.45, 2.75) is 39.0 Å². The van der Waals surface area contributed by atoms with Crippen molar-refractivity contribution in [2.75, 3.05) is 13.1 Å². The largest absolute Gasteiger partial charge is 0.392 e. The molecule has 1 saturated heterocycles. The quantitative estimate of drug-likeness (QED) is 0.859. The molecule has 1 amide bonds. The topological polar surface area (TPSA) is 52.6 Å². The van der Waals surface area contributed by atoms with Crippen LogP contribution >= 0.6 is 0 Å². The molecule has 1 aromatic rings. The lowest BCUT2D eigenvalue weighted by molar-refractivity contribution is -0.129. The smallest absolute Gasteiger partial charge is 0.219 e. The summed E-state index contributed by atoms with van der Waals surface area (Å²) in [5.41, 5.74) is 2.17. The van der Waals surface area contributed by atoms with Gasteiger partial charge in [-0.3, -0.25) is 4.79 Å². The van der Waals surface area contributed by atoms with Gasteiger partial charge in [0.25, 0.3) is 0 Å². The molecule has 4 heteroatoms. The summed E-state index contributed by atoms with van der Waals surface area (Å²) in [6.45, 7) is 4.29. The van der Waals surface area contributed by atoms with E-state index < -0.39 is 0 Å². The number of likely N-dealkylation sites (tertiary alicyclic amines) is 1. The number of rotatable bonds is 4. The Labute approximate surface area is 114 Å². The molecule has 4 nitrogen and oxygen atoms in total. The molecule has 104 valence electrons. The van der Waals surface area contributed by atoms with Crippen molar-refractivity contribution in [3.63, 3.8) is 0 Å². The van der Waals surface area contributed by atoms with Gasteiger partial charge in [0, 0.05) is 32.6 Å². The second-order valence-corrected chi connectivity index (χ2v) is 5.14. The van der Waals surface area contributed by atoms with E-state index in [0.717, 1.165) is 38.0 Å². The predicted molar refractivity (Wildman–Crippen MR) is 74.5 cm³/mol. The maximum atomic E-state index is 11.2. The summed E-state index contributed by atoms with van der Waals surface area (Å²) in [5, 5.41) is 12.5. The van der Waals surface area contributed by atoms with Crippen LogP contribution in [0.5, 0.6) is 0 Å². The number of carbonyl (C=O) groups is 1. The molecule has 0 radical (unpaired) electrons. The van der Waals surface area contributed by atoms with Crippen LogP contribution in [-0.2, 0) is 17.9 Å². The molecule has 0 unspecified atom stereocenters. The first-order chi connectivity index (χ1) is 9.19. The van der Waals surface area contributed by atoms with Crippen molar-refractivity contribution in [3.05, 3.63) is 35.4 Å². The third kappa shape index (κ3) is 4.04. The summed E-state index contributed by atoms with van der Waals surface area (Å²) in [6, 6.07) is 8.49. The molecule has 1 aliphatic rings. The summed E-state index contributed by atoms with van der Waals surface area (Å²) in [7, 11) is 0. The highest BCUT2D eigenvalue weighted by atomic mass is 16.3. The number of amides is 1. The van der Waals surface area contributed by atoms with Crippen molar-refractivity contribution in [3.8, 4) is 0 Å². The lowest BCUT2D eigenvalue weighted by Crippen LogP contribution is -2.43. The first kappa shape index (κ1) is 14.0. The third-order valence-electron chi connectivity index (χ3n) is 3.74. The van der Waals surface area contributed by atoms with Crippen LogP contribution in [0.15, 0.2) is 24.3 Å². The standard InChI is InChI=1S/C15H22N2O2/c1-12(19)17-8-6-15(7-9-17)16-10-13-2-4-14(11-18)5-3-13/h2-5,15-16,18H,6-11H2,1H3. The molecule has 0 atom stereocenters. The van der Waals surface area contributed by atoms with Gasteiger partial charge in [0.05, 0.1) is 6.61 Å². The number of benzene rings is 1. The normalized spacial score (nSPS) is 16.6. The zero-order valence-corrected chi connectivity index (χ0v) is 11.4. The Morgan fingerprint density at radius 1 is 1.26 bits per heavy atom. The minimum absolute atomic E-state index is 0.0945. The maximum absolute atomic E-state index is 11.2. The summed E-state index contributed by atoms with van der Waals surface area (Å²) >= 11 is 0. The van der Waals surface area contributed by atoms with Crippen LogP contribution in [0.2, 0.25) is 0 Å². The molecule has 0 bridgehead atoms. The zero-order chi connectivity index (χ0) is 13.7. The summed E-state index contributed by atoms with van der Waals surface area (Å²) in [5.74, 6) is 0.179. The Morgan fingerprint density at radius 2 is 1.84 bits per heavy atom. The molecule has 2 N–H and O–H groups in total. The molecule has 0 spiro atoms. The second-order valence-electron chi connectivity index (χ2n) is 5.14. The first-order valence-corrected chi connectivity index (χ1v) is 6.86. The van der Waals surface area contributed by atoms with Crippen molar-refractivity contribution in [1.29, 1.82) is 0 Å². The molecule has 1 heterocycles. The number of nitrogens with zero attached hydrogens (tertiary/aromatic N) is 1. The van der Waals surface area contributed by atoms with Crippen LogP contribution in [-0.4, -0.2) is 35.0 Å². The Balaban J connectivity index is 1.75. The molecular weight excluding hydrogens is 240 g/mol. The molecule has 19 heavy (non-hydrogen) atoms. The number of aliphatic hydroxyl groups excluding tert-OH is 1. The molecule has 2 rings (SSSR count). The Hall–Kier alpha value is -1.39. The van der Waals surface area contributed by atoms with Gasteiger partial charge in [0.2, 0.25) is 5.91 Å². The molecule has 0 saturated carbocycles. The second kappa shape index (κ2) is 6.68. The number of aliphatic hydroxyl groups is 1. The van der Waals surface area contributed by atoms with E-state index in [2.05, 4.69) is 5.32 Å². The fraction of sp³-hybridized carbons (Fsp3) is 0.533. The van der Waals surface area contributed by atoms with Crippen LogP contribution < -0.4 is 5.32 Å². The van der Waals surface area contributed by atoms with Crippen LogP contribution in [0.1, 0.15) is 30.9 Å². The molecule has 1 aromatic carbocycles. The minimum atomic E-state index is 0.0945.